The minimum atomic E-state index is -0.229. The quantitative estimate of drug-likeness (QED) is 0.478. The second-order valence-corrected chi connectivity index (χ2v) is 6.60. The Hall–Kier alpha value is -3.07. The minimum Gasteiger partial charge on any atom is -0.481 e. The van der Waals surface area contributed by atoms with Crippen molar-refractivity contribution in [3.63, 3.8) is 0 Å². The third-order valence-electron chi connectivity index (χ3n) is 4.67. The lowest BCUT2D eigenvalue weighted by atomic mass is 9.94. The fourth-order valence-electron chi connectivity index (χ4n) is 3.33. The lowest BCUT2D eigenvalue weighted by Crippen LogP contribution is -2.18. The molecule has 4 rings (SSSR count). The Morgan fingerprint density at radius 2 is 1.54 bits per heavy atom. The van der Waals surface area contributed by atoms with Crippen LogP contribution in [-0.4, -0.2) is 5.97 Å². The Bertz CT molecular complexity index is 864. The normalized spacial score (nSPS) is 16.1. The molecular weight excluding hydrogens is 324 g/mol. The van der Waals surface area contributed by atoms with Gasteiger partial charge in [0.1, 0.15) is 17.6 Å². The monoisotopic (exact) mass is 344 g/mol. The fraction of sp³-hybridized carbons (Fsp3) is 0.174. The van der Waals surface area contributed by atoms with E-state index in [2.05, 4.69) is 24.3 Å². The van der Waals surface area contributed by atoms with Gasteiger partial charge in [-0.1, -0.05) is 73.7 Å². The molecule has 0 bridgehead atoms. The van der Waals surface area contributed by atoms with E-state index in [0.29, 0.717) is 17.9 Å². The van der Waals surface area contributed by atoms with Crippen LogP contribution in [0.1, 0.15) is 42.1 Å². The Morgan fingerprint density at radius 3 is 2.15 bits per heavy atom. The molecule has 3 nitrogen and oxygen atoms in total. The number of fused-ring (bicyclic) bond motifs is 1. The number of carbonyl (C=O) groups excluding carboxylic acids is 1. The second-order valence-electron chi connectivity index (χ2n) is 6.60. The van der Waals surface area contributed by atoms with Gasteiger partial charge in [0, 0.05) is 6.07 Å². The molecule has 0 aliphatic carbocycles. The first-order valence-electron chi connectivity index (χ1n) is 8.82. The zero-order chi connectivity index (χ0) is 17.9. The van der Waals surface area contributed by atoms with Gasteiger partial charge in [-0.2, -0.15) is 0 Å². The van der Waals surface area contributed by atoms with Crippen molar-refractivity contribution >= 4 is 5.97 Å². The molecule has 3 aromatic carbocycles. The van der Waals surface area contributed by atoms with Crippen molar-refractivity contribution in [1.82, 2.24) is 0 Å². The van der Waals surface area contributed by atoms with Gasteiger partial charge in [-0.3, -0.25) is 4.79 Å². The number of benzene rings is 3. The van der Waals surface area contributed by atoms with Crippen LogP contribution in [0.4, 0.5) is 0 Å². The molecule has 1 heterocycles. The van der Waals surface area contributed by atoms with Crippen molar-refractivity contribution in [1.29, 1.82) is 0 Å². The van der Waals surface area contributed by atoms with Crippen LogP contribution in [0.15, 0.2) is 78.9 Å². The minimum absolute atomic E-state index is 0.166. The maximum Gasteiger partial charge on any atom is 0.311 e. The maximum absolute atomic E-state index is 11.7. The van der Waals surface area contributed by atoms with Crippen molar-refractivity contribution in [2.75, 3.05) is 0 Å². The van der Waals surface area contributed by atoms with Gasteiger partial charge >= 0.3 is 5.97 Å². The van der Waals surface area contributed by atoms with E-state index in [1.54, 1.807) is 0 Å². The highest BCUT2D eigenvalue weighted by molar-refractivity contribution is 5.76. The number of carbonyl (C=O) groups is 1. The first-order chi connectivity index (χ1) is 12.7. The number of esters is 1. The van der Waals surface area contributed by atoms with Crippen molar-refractivity contribution in [2.24, 2.45) is 0 Å². The van der Waals surface area contributed by atoms with Crippen LogP contribution < -0.4 is 9.47 Å². The van der Waals surface area contributed by atoms with Crippen LogP contribution in [-0.2, 0) is 4.79 Å². The Kier molecular flexibility index (Phi) is 4.44. The van der Waals surface area contributed by atoms with Gasteiger partial charge in [0.2, 0.25) is 0 Å². The van der Waals surface area contributed by atoms with E-state index in [0.717, 1.165) is 16.7 Å². The molecule has 0 amide bonds. The summed E-state index contributed by atoms with van der Waals surface area (Å²) in [7, 11) is 0. The summed E-state index contributed by atoms with van der Waals surface area (Å²) in [5, 5.41) is 0. The Balaban J connectivity index is 1.69. The predicted molar refractivity (Wildman–Crippen MR) is 100 cm³/mol. The SMILES string of the molecule is CC1CC(=O)Oc2cc(OC(c3ccccc3)c3ccccc3)ccc21. The molecular formula is C23H20O3. The van der Waals surface area contributed by atoms with Crippen LogP contribution in [0.25, 0.3) is 0 Å². The molecule has 3 aromatic rings. The summed E-state index contributed by atoms with van der Waals surface area (Å²) in [6.07, 6.45) is 0.191. The summed E-state index contributed by atoms with van der Waals surface area (Å²) in [6.45, 7) is 2.04. The molecule has 0 saturated heterocycles. The third-order valence-corrected chi connectivity index (χ3v) is 4.67. The highest BCUT2D eigenvalue weighted by Crippen LogP contribution is 2.38. The summed E-state index contributed by atoms with van der Waals surface area (Å²) >= 11 is 0. The van der Waals surface area contributed by atoms with Gasteiger partial charge in [0.05, 0.1) is 6.42 Å². The third kappa shape index (κ3) is 3.33. The van der Waals surface area contributed by atoms with E-state index < -0.39 is 0 Å². The second kappa shape index (κ2) is 7.04. The molecule has 26 heavy (non-hydrogen) atoms. The highest BCUT2D eigenvalue weighted by Gasteiger charge is 2.25. The number of ether oxygens (including phenoxy) is 2. The zero-order valence-corrected chi connectivity index (χ0v) is 14.6. The Labute approximate surface area is 153 Å². The van der Waals surface area contributed by atoms with Gasteiger partial charge in [-0.15, -0.1) is 0 Å². The van der Waals surface area contributed by atoms with Crippen molar-refractivity contribution < 1.29 is 14.3 Å². The van der Waals surface area contributed by atoms with Gasteiger partial charge in [0.25, 0.3) is 0 Å². The molecule has 0 saturated carbocycles. The van der Waals surface area contributed by atoms with Crippen molar-refractivity contribution in [2.45, 2.75) is 25.4 Å². The summed E-state index contributed by atoms with van der Waals surface area (Å²) in [4.78, 5) is 11.7. The molecule has 0 N–H and O–H groups in total. The lowest BCUT2D eigenvalue weighted by Gasteiger charge is -2.24. The molecule has 1 aliphatic heterocycles. The number of hydrogen-bond donors (Lipinski definition) is 0. The van der Waals surface area contributed by atoms with Crippen LogP contribution in [0, 0.1) is 0 Å². The van der Waals surface area contributed by atoms with Crippen LogP contribution >= 0.6 is 0 Å². The standard InChI is InChI=1S/C23H20O3/c1-16-14-22(24)26-21-15-19(12-13-20(16)21)25-23(17-8-4-2-5-9-17)18-10-6-3-7-11-18/h2-13,15-16,23H,14H2,1H3. The number of rotatable bonds is 4. The highest BCUT2D eigenvalue weighted by atomic mass is 16.5. The van der Waals surface area contributed by atoms with E-state index >= 15 is 0 Å². The molecule has 1 aliphatic rings. The van der Waals surface area contributed by atoms with Gasteiger partial charge in [0.15, 0.2) is 0 Å². The first kappa shape index (κ1) is 16.4. The van der Waals surface area contributed by atoms with Crippen LogP contribution in [0.5, 0.6) is 11.5 Å². The molecule has 3 heteroatoms. The molecule has 130 valence electrons. The van der Waals surface area contributed by atoms with Crippen molar-refractivity contribution in [3.05, 3.63) is 95.6 Å². The molecule has 1 atom stereocenters. The molecule has 0 fully saturated rings. The topological polar surface area (TPSA) is 35.5 Å². The Morgan fingerprint density at radius 1 is 0.923 bits per heavy atom. The fourth-order valence-corrected chi connectivity index (χ4v) is 3.33. The summed E-state index contributed by atoms with van der Waals surface area (Å²) in [5.74, 6) is 1.26. The first-order valence-corrected chi connectivity index (χ1v) is 8.82. The van der Waals surface area contributed by atoms with Gasteiger partial charge in [-0.05, 0) is 28.7 Å². The number of hydrogen-bond acceptors (Lipinski definition) is 3. The lowest BCUT2D eigenvalue weighted by molar-refractivity contribution is -0.135. The van der Waals surface area contributed by atoms with Crippen LogP contribution in [0.2, 0.25) is 0 Å². The average molecular weight is 344 g/mol. The van der Waals surface area contributed by atoms with E-state index in [4.69, 9.17) is 9.47 Å². The maximum atomic E-state index is 11.7. The predicted octanol–water partition coefficient (Wildman–Crippen LogP) is 5.27. The van der Waals surface area contributed by atoms with Gasteiger partial charge < -0.3 is 9.47 Å². The zero-order valence-electron chi connectivity index (χ0n) is 14.6. The molecule has 0 aromatic heterocycles. The largest absolute Gasteiger partial charge is 0.481 e. The smallest absolute Gasteiger partial charge is 0.311 e. The van der Waals surface area contributed by atoms with E-state index in [1.807, 2.05) is 61.5 Å². The van der Waals surface area contributed by atoms with Crippen LogP contribution in [0.3, 0.4) is 0 Å². The molecule has 0 spiro atoms. The van der Waals surface area contributed by atoms with Crippen molar-refractivity contribution in [3.8, 4) is 11.5 Å². The van der Waals surface area contributed by atoms with E-state index in [9.17, 15) is 4.79 Å². The summed E-state index contributed by atoms with van der Waals surface area (Å²) < 4.78 is 11.7. The molecule has 1 unspecified atom stereocenters. The van der Waals surface area contributed by atoms with E-state index in [-0.39, 0.29) is 18.0 Å². The molecule has 0 radical (unpaired) electrons. The average Bonchev–Trinajstić information content (AvgIpc) is 2.67. The summed E-state index contributed by atoms with van der Waals surface area (Å²) in [5.41, 5.74) is 3.19. The van der Waals surface area contributed by atoms with E-state index in [1.165, 1.54) is 0 Å². The van der Waals surface area contributed by atoms with Gasteiger partial charge in [-0.25, -0.2) is 0 Å². The summed E-state index contributed by atoms with van der Waals surface area (Å²) in [6, 6.07) is 26.0.